The summed E-state index contributed by atoms with van der Waals surface area (Å²) in [7, 11) is 0. The van der Waals surface area contributed by atoms with E-state index in [1.54, 1.807) is 44.2 Å². The molecule has 0 amide bonds. The Labute approximate surface area is 143 Å². The number of benzene rings is 2. The molecule has 122 valence electrons. The van der Waals surface area contributed by atoms with Gasteiger partial charge in [0.05, 0.1) is 11.1 Å². The number of carbonyl (C=O) groups excluding carboxylic acids is 1. The van der Waals surface area contributed by atoms with Crippen molar-refractivity contribution in [2.24, 2.45) is 0 Å². The van der Waals surface area contributed by atoms with E-state index in [-0.39, 0.29) is 12.1 Å². The van der Waals surface area contributed by atoms with Crippen molar-refractivity contribution in [3.63, 3.8) is 0 Å². The molecule has 6 heteroatoms. The Hall–Kier alpha value is -2.66. The fraction of sp³-hybridized carbons (Fsp3) is 0.167. The average molecular weight is 343 g/mol. The first-order valence-electron chi connectivity index (χ1n) is 7.39. The van der Waals surface area contributed by atoms with E-state index in [1.807, 2.05) is 12.1 Å². The SMILES string of the molecule is Cc1cc(Cl)ccc1OC(=O)Cn1nc(C)c2ccccc2c1=O. The van der Waals surface area contributed by atoms with Crippen molar-refractivity contribution in [1.82, 2.24) is 9.78 Å². The van der Waals surface area contributed by atoms with Gasteiger partial charge < -0.3 is 4.74 Å². The predicted molar refractivity (Wildman–Crippen MR) is 92.6 cm³/mol. The molecule has 1 heterocycles. The molecular weight excluding hydrogens is 328 g/mol. The second kappa shape index (κ2) is 6.45. The van der Waals surface area contributed by atoms with E-state index in [0.717, 1.165) is 15.6 Å². The van der Waals surface area contributed by atoms with Crippen molar-refractivity contribution < 1.29 is 9.53 Å². The Kier molecular flexibility index (Phi) is 4.36. The van der Waals surface area contributed by atoms with Gasteiger partial charge in [-0.1, -0.05) is 29.8 Å². The maximum Gasteiger partial charge on any atom is 0.333 e. The first-order chi connectivity index (χ1) is 11.5. The molecule has 0 saturated carbocycles. The Bertz CT molecular complexity index is 995. The number of halogens is 1. The first kappa shape index (κ1) is 16.2. The molecule has 2 aromatic carbocycles. The second-order valence-electron chi connectivity index (χ2n) is 5.48. The minimum Gasteiger partial charge on any atom is -0.425 e. The maximum atomic E-state index is 12.5. The minimum absolute atomic E-state index is 0.257. The minimum atomic E-state index is -0.565. The van der Waals surface area contributed by atoms with E-state index in [1.165, 1.54) is 0 Å². The number of hydrogen-bond donors (Lipinski definition) is 0. The van der Waals surface area contributed by atoms with Crippen molar-refractivity contribution >= 4 is 28.3 Å². The molecule has 0 bridgehead atoms. The Balaban J connectivity index is 1.88. The maximum absolute atomic E-state index is 12.5. The number of rotatable bonds is 3. The molecule has 0 N–H and O–H groups in total. The summed E-state index contributed by atoms with van der Waals surface area (Å²) >= 11 is 5.88. The molecular formula is C18H15ClN2O3. The molecule has 0 unspecified atom stereocenters. The summed E-state index contributed by atoms with van der Waals surface area (Å²) < 4.78 is 6.44. The molecule has 3 aromatic rings. The number of ether oxygens (including phenoxy) is 1. The van der Waals surface area contributed by atoms with Crippen LogP contribution in [0.1, 0.15) is 11.3 Å². The van der Waals surface area contributed by atoms with Crippen LogP contribution >= 0.6 is 11.6 Å². The molecule has 0 fully saturated rings. The zero-order valence-electron chi connectivity index (χ0n) is 13.2. The molecule has 0 spiro atoms. The van der Waals surface area contributed by atoms with Crippen molar-refractivity contribution in [3.8, 4) is 5.75 Å². The molecule has 5 nitrogen and oxygen atoms in total. The van der Waals surface area contributed by atoms with Crippen LogP contribution in [0.2, 0.25) is 5.02 Å². The standard InChI is InChI=1S/C18H15ClN2O3/c1-11-9-13(19)7-8-16(11)24-17(22)10-21-18(23)15-6-4-3-5-14(15)12(2)20-21/h3-9H,10H2,1-2H3. The van der Waals surface area contributed by atoms with Crippen LogP contribution < -0.4 is 10.3 Å². The van der Waals surface area contributed by atoms with Crippen LogP contribution in [0.25, 0.3) is 10.8 Å². The molecule has 0 saturated heterocycles. The van der Waals surface area contributed by atoms with Gasteiger partial charge in [-0.3, -0.25) is 4.79 Å². The zero-order valence-corrected chi connectivity index (χ0v) is 14.0. The van der Waals surface area contributed by atoms with Gasteiger partial charge in [-0.25, -0.2) is 9.48 Å². The topological polar surface area (TPSA) is 61.2 Å². The van der Waals surface area contributed by atoms with E-state index >= 15 is 0 Å². The van der Waals surface area contributed by atoms with Gasteiger partial charge in [0.2, 0.25) is 0 Å². The number of carbonyl (C=O) groups is 1. The Morgan fingerprint density at radius 1 is 1.17 bits per heavy atom. The van der Waals surface area contributed by atoms with E-state index in [9.17, 15) is 9.59 Å². The van der Waals surface area contributed by atoms with E-state index in [2.05, 4.69) is 5.10 Å². The smallest absolute Gasteiger partial charge is 0.333 e. The highest BCUT2D eigenvalue weighted by Crippen LogP contribution is 2.22. The van der Waals surface area contributed by atoms with Gasteiger partial charge in [0.1, 0.15) is 12.3 Å². The van der Waals surface area contributed by atoms with Crippen molar-refractivity contribution in [2.75, 3.05) is 0 Å². The van der Waals surface area contributed by atoms with E-state index in [0.29, 0.717) is 21.9 Å². The van der Waals surface area contributed by atoms with Gasteiger partial charge in [0.15, 0.2) is 0 Å². The third-order valence-electron chi connectivity index (χ3n) is 3.69. The predicted octanol–water partition coefficient (Wildman–Crippen LogP) is 3.27. The van der Waals surface area contributed by atoms with Gasteiger partial charge in [0.25, 0.3) is 5.56 Å². The number of aromatic nitrogens is 2. The number of fused-ring (bicyclic) bond motifs is 1. The van der Waals surface area contributed by atoms with Crippen LogP contribution in [0.5, 0.6) is 5.75 Å². The molecule has 0 aliphatic carbocycles. The number of aryl methyl sites for hydroxylation is 2. The van der Waals surface area contributed by atoms with Gasteiger partial charge in [-0.15, -0.1) is 0 Å². The molecule has 24 heavy (non-hydrogen) atoms. The van der Waals surface area contributed by atoms with E-state index < -0.39 is 5.97 Å². The molecule has 0 aliphatic heterocycles. The fourth-order valence-corrected chi connectivity index (χ4v) is 2.74. The van der Waals surface area contributed by atoms with Gasteiger partial charge in [-0.05, 0) is 43.7 Å². The van der Waals surface area contributed by atoms with Crippen LogP contribution in [-0.4, -0.2) is 15.7 Å². The number of hydrogen-bond acceptors (Lipinski definition) is 4. The first-order valence-corrected chi connectivity index (χ1v) is 7.77. The van der Waals surface area contributed by atoms with Gasteiger partial charge >= 0.3 is 5.97 Å². The van der Waals surface area contributed by atoms with Gasteiger partial charge in [-0.2, -0.15) is 5.10 Å². The van der Waals surface area contributed by atoms with Gasteiger partial charge in [0, 0.05) is 10.4 Å². The third kappa shape index (κ3) is 3.16. The summed E-state index contributed by atoms with van der Waals surface area (Å²) in [6.45, 7) is 3.33. The molecule has 0 radical (unpaired) electrons. The lowest BCUT2D eigenvalue weighted by molar-refractivity contribution is -0.135. The number of nitrogens with zero attached hydrogens (tertiary/aromatic N) is 2. The highest BCUT2D eigenvalue weighted by Gasteiger charge is 2.13. The summed E-state index contributed by atoms with van der Waals surface area (Å²) in [5, 5.41) is 6.07. The van der Waals surface area contributed by atoms with Crippen LogP contribution in [0.4, 0.5) is 0 Å². The molecule has 3 rings (SSSR count). The quantitative estimate of drug-likeness (QED) is 0.541. The summed E-state index contributed by atoms with van der Waals surface area (Å²) in [4.78, 5) is 24.6. The van der Waals surface area contributed by atoms with Crippen molar-refractivity contribution in [3.05, 3.63) is 69.1 Å². The fourth-order valence-electron chi connectivity index (χ4n) is 2.52. The molecule has 1 aromatic heterocycles. The third-order valence-corrected chi connectivity index (χ3v) is 3.93. The number of esters is 1. The lowest BCUT2D eigenvalue weighted by Gasteiger charge is -2.10. The molecule has 0 atom stereocenters. The lowest BCUT2D eigenvalue weighted by Crippen LogP contribution is -2.29. The molecule has 0 aliphatic rings. The highest BCUT2D eigenvalue weighted by molar-refractivity contribution is 6.30. The van der Waals surface area contributed by atoms with Crippen LogP contribution in [-0.2, 0) is 11.3 Å². The summed E-state index contributed by atoms with van der Waals surface area (Å²) in [6.07, 6.45) is 0. The lowest BCUT2D eigenvalue weighted by atomic mass is 10.1. The zero-order chi connectivity index (χ0) is 17.3. The highest BCUT2D eigenvalue weighted by atomic mass is 35.5. The van der Waals surface area contributed by atoms with Crippen LogP contribution in [0.15, 0.2) is 47.3 Å². The van der Waals surface area contributed by atoms with Crippen molar-refractivity contribution in [1.29, 1.82) is 0 Å². The van der Waals surface area contributed by atoms with Crippen LogP contribution in [0.3, 0.4) is 0 Å². The summed E-state index contributed by atoms with van der Waals surface area (Å²) in [5.41, 5.74) is 1.10. The van der Waals surface area contributed by atoms with Crippen LogP contribution in [0, 0.1) is 13.8 Å². The summed E-state index contributed by atoms with van der Waals surface area (Å²) in [5.74, 6) is -0.153. The monoisotopic (exact) mass is 342 g/mol. The normalized spacial score (nSPS) is 10.8. The average Bonchev–Trinajstić information content (AvgIpc) is 2.55. The second-order valence-corrected chi connectivity index (χ2v) is 5.91. The Morgan fingerprint density at radius 2 is 1.88 bits per heavy atom. The summed E-state index contributed by atoms with van der Waals surface area (Å²) in [6, 6.07) is 12.1. The van der Waals surface area contributed by atoms with E-state index in [4.69, 9.17) is 16.3 Å². The van der Waals surface area contributed by atoms with Crippen molar-refractivity contribution in [2.45, 2.75) is 20.4 Å². The Morgan fingerprint density at radius 3 is 2.58 bits per heavy atom. The largest absolute Gasteiger partial charge is 0.425 e.